The summed E-state index contributed by atoms with van der Waals surface area (Å²) in [5, 5.41) is 2.91. The Morgan fingerprint density at radius 1 is 0.903 bits per heavy atom. The van der Waals surface area contributed by atoms with E-state index < -0.39 is 10.0 Å². The smallest absolute Gasteiger partial charge is 0.255 e. The number of benzene rings is 2. The van der Waals surface area contributed by atoms with Crippen molar-refractivity contribution in [1.82, 2.24) is 9.21 Å². The van der Waals surface area contributed by atoms with E-state index in [9.17, 15) is 13.2 Å². The topological polar surface area (TPSA) is 73.0 Å². The highest BCUT2D eigenvalue weighted by molar-refractivity contribution is 7.89. The first-order valence-electron chi connectivity index (χ1n) is 10.8. The van der Waals surface area contributed by atoms with Crippen molar-refractivity contribution >= 4 is 27.3 Å². The highest BCUT2D eigenvalue weighted by Gasteiger charge is 2.28. The average Bonchev–Trinajstić information content (AvgIpc) is 3.31. The minimum atomic E-state index is -3.56. The van der Waals surface area contributed by atoms with Crippen molar-refractivity contribution in [2.24, 2.45) is 0 Å². The summed E-state index contributed by atoms with van der Waals surface area (Å²) in [6, 6.07) is 12.6. The summed E-state index contributed by atoms with van der Waals surface area (Å²) in [7, 11) is -1.43. The van der Waals surface area contributed by atoms with Gasteiger partial charge in [0.1, 0.15) is 0 Å². The number of anilines is 2. The standard InChI is InChI=1S/C23H30N4O3S/c1-18-5-10-21(31(29,30)27-11-3-4-12-27)17-22(18)23(28)24-19-6-8-20(9-7-19)26-15-13-25(2)14-16-26/h5-10,17H,3-4,11-16H2,1-2H3,(H,24,28). The molecule has 2 aromatic carbocycles. The van der Waals surface area contributed by atoms with Crippen LogP contribution in [0, 0.1) is 6.92 Å². The normalized spacial score (nSPS) is 18.3. The molecule has 0 radical (unpaired) electrons. The van der Waals surface area contributed by atoms with Crippen LogP contribution in [-0.4, -0.2) is 69.8 Å². The Kier molecular flexibility index (Phi) is 6.31. The molecule has 0 spiro atoms. The summed E-state index contributed by atoms with van der Waals surface area (Å²) in [6.45, 7) is 6.94. The Morgan fingerprint density at radius 2 is 1.55 bits per heavy atom. The van der Waals surface area contributed by atoms with Crippen LogP contribution in [0.15, 0.2) is 47.4 Å². The third kappa shape index (κ3) is 4.76. The molecule has 7 nitrogen and oxygen atoms in total. The van der Waals surface area contributed by atoms with E-state index >= 15 is 0 Å². The maximum Gasteiger partial charge on any atom is 0.255 e. The highest BCUT2D eigenvalue weighted by atomic mass is 32.2. The molecule has 2 fully saturated rings. The molecule has 1 amide bonds. The van der Waals surface area contributed by atoms with Crippen LogP contribution in [0.3, 0.4) is 0 Å². The third-order valence-electron chi connectivity index (χ3n) is 6.15. The zero-order valence-corrected chi connectivity index (χ0v) is 19.0. The highest BCUT2D eigenvalue weighted by Crippen LogP contribution is 2.24. The number of amides is 1. The fourth-order valence-electron chi connectivity index (χ4n) is 4.10. The van der Waals surface area contributed by atoms with E-state index in [2.05, 4.69) is 22.2 Å². The quantitative estimate of drug-likeness (QED) is 0.771. The largest absolute Gasteiger partial charge is 0.369 e. The second-order valence-electron chi connectivity index (χ2n) is 8.38. The lowest BCUT2D eigenvalue weighted by molar-refractivity contribution is 0.102. The Bertz CT molecular complexity index is 1040. The van der Waals surface area contributed by atoms with Gasteiger partial charge in [0.15, 0.2) is 0 Å². The predicted octanol–water partition coefficient (Wildman–Crippen LogP) is 2.78. The van der Waals surface area contributed by atoms with Crippen molar-refractivity contribution in [3.05, 3.63) is 53.6 Å². The Hall–Kier alpha value is -2.42. The van der Waals surface area contributed by atoms with Crippen LogP contribution in [0.4, 0.5) is 11.4 Å². The second-order valence-corrected chi connectivity index (χ2v) is 10.3. The predicted molar refractivity (Wildman–Crippen MR) is 123 cm³/mol. The second kappa shape index (κ2) is 8.98. The summed E-state index contributed by atoms with van der Waals surface area (Å²) in [5.74, 6) is -0.302. The van der Waals surface area contributed by atoms with Crippen LogP contribution in [0.5, 0.6) is 0 Å². The number of nitrogens with zero attached hydrogens (tertiary/aromatic N) is 3. The van der Waals surface area contributed by atoms with Gasteiger partial charge in [0, 0.05) is 56.2 Å². The molecular formula is C23H30N4O3S. The number of rotatable bonds is 5. The summed E-state index contributed by atoms with van der Waals surface area (Å²) >= 11 is 0. The van der Waals surface area contributed by atoms with Crippen molar-refractivity contribution in [1.29, 1.82) is 0 Å². The molecule has 0 bridgehead atoms. The zero-order chi connectivity index (χ0) is 22.0. The van der Waals surface area contributed by atoms with Gasteiger partial charge in [-0.25, -0.2) is 8.42 Å². The van der Waals surface area contributed by atoms with Crippen molar-refractivity contribution in [2.75, 3.05) is 56.5 Å². The molecule has 0 aromatic heterocycles. The van der Waals surface area contributed by atoms with Crippen molar-refractivity contribution in [3.8, 4) is 0 Å². The molecule has 2 heterocycles. The minimum absolute atomic E-state index is 0.176. The van der Waals surface area contributed by atoms with Crippen molar-refractivity contribution in [3.63, 3.8) is 0 Å². The molecule has 2 aliphatic heterocycles. The first-order chi connectivity index (χ1) is 14.8. The lowest BCUT2D eigenvalue weighted by Gasteiger charge is -2.34. The first kappa shape index (κ1) is 21.8. The van der Waals surface area contributed by atoms with Gasteiger partial charge in [0.25, 0.3) is 5.91 Å². The number of aryl methyl sites for hydroxylation is 1. The van der Waals surface area contributed by atoms with Crippen LogP contribution >= 0.6 is 0 Å². The van der Waals surface area contributed by atoms with Gasteiger partial charge in [-0.15, -0.1) is 0 Å². The summed E-state index contributed by atoms with van der Waals surface area (Å²) in [6.07, 6.45) is 1.76. The lowest BCUT2D eigenvalue weighted by atomic mass is 10.1. The van der Waals surface area contributed by atoms with E-state index in [0.717, 1.165) is 50.3 Å². The lowest BCUT2D eigenvalue weighted by Crippen LogP contribution is -2.44. The number of sulfonamides is 1. The van der Waals surface area contributed by atoms with Crippen LogP contribution in [-0.2, 0) is 10.0 Å². The molecule has 0 aliphatic carbocycles. The Morgan fingerprint density at radius 3 is 2.19 bits per heavy atom. The molecule has 2 aromatic rings. The van der Waals surface area contributed by atoms with Gasteiger partial charge in [0.05, 0.1) is 4.90 Å². The van der Waals surface area contributed by atoms with Gasteiger partial charge < -0.3 is 15.1 Å². The number of hydrogen-bond donors (Lipinski definition) is 1. The van der Waals surface area contributed by atoms with Crippen LogP contribution in [0.2, 0.25) is 0 Å². The van der Waals surface area contributed by atoms with E-state index in [4.69, 9.17) is 0 Å². The molecule has 4 rings (SSSR count). The molecule has 166 valence electrons. The van der Waals surface area contributed by atoms with E-state index in [1.54, 1.807) is 12.1 Å². The fourth-order valence-corrected chi connectivity index (χ4v) is 5.65. The number of carbonyl (C=O) groups is 1. The van der Waals surface area contributed by atoms with Crippen molar-refractivity contribution < 1.29 is 13.2 Å². The van der Waals surface area contributed by atoms with Gasteiger partial charge in [-0.2, -0.15) is 4.31 Å². The summed E-state index contributed by atoms with van der Waals surface area (Å²) in [4.78, 5) is 17.7. The molecule has 2 saturated heterocycles. The fraction of sp³-hybridized carbons (Fsp3) is 0.435. The van der Waals surface area contributed by atoms with Gasteiger partial charge in [-0.3, -0.25) is 4.79 Å². The summed E-state index contributed by atoms with van der Waals surface area (Å²) in [5.41, 5.74) is 2.95. The van der Waals surface area contributed by atoms with E-state index in [1.807, 2.05) is 31.2 Å². The molecule has 31 heavy (non-hydrogen) atoms. The van der Waals surface area contributed by atoms with Crippen molar-refractivity contribution in [2.45, 2.75) is 24.7 Å². The molecule has 2 aliphatic rings. The summed E-state index contributed by atoms with van der Waals surface area (Å²) < 4.78 is 27.2. The molecule has 0 atom stereocenters. The van der Waals surface area contributed by atoms with Crippen LogP contribution in [0.25, 0.3) is 0 Å². The monoisotopic (exact) mass is 442 g/mol. The first-order valence-corrected chi connectivity index (χ1v) is 12.2. The number of hydrogen-bond acceptors (Lipinski definition) is 5. The third-order valence-corrected chi connectivity index (χ3v) is 8.04. The number of likely N-dealkylation sites (N-methyl/N-ethyl adjacent to an activating group) is 1. The maximum atomic E-state index is 12.9. The van der Waals surface area contributed by atoms with Gasteiger partial charge in [-0.1, -0.05) is 6.07 Å². The van der Waals surface area contributed by atoms with Gasteiger partial charge in [0.2, 0.25) is 10.0 Å². The molecule has 8 heteroatoms. The zero-order valence-electron chi connectivity index (χ0n) is 18.2. The Labute approximate surface area is 184 Å². The molecular weight excluding hydrogens is 412 g/mol. The van der Waals surface area contributed by atoms with E-state index in [-0.39, 0.29) is 10.8 Å². The van der Waals surface area contributed by atoms with E-state index in [1.165, 1.54) is 10.4 Å². The number of piperazine rings is 1. The van der Waals surface area contributed by atoms with E-state index in [0.29, 0.717) is 24.3 Å². The maximum absolute atomic E-state index is 12.9. The molecule has 0 saturated carbocycles. The SMILES string of the molecule is Cc1ccc(S(=O)(=O)N2CCCC2)cc1C(=O)Nc1ccc(N2CCN(C)CC2)cc1. The van der Waals surface area contributed by atoms with Crippen LogP contribution in [0.1, 0.15) is 28.8 Å². The Balaban J connectivity index is 1.48. The number of nitrogens with one attached hydrogen (secondary N) is 1. The average molecular weight is 443 g/mol. The molecule has 0 unspecified atom stereocenters. The minimum Gasteiger partial charge on any atom is -0.369 e. The number of carbonyl (C=O) groups excluding carboxylic acids is 1. The van der Waals surface area contributed by atoms with Crippen LogP contribution < -0.4 is 10.2 Å². The molecule has 1 N–H and O–H groups in total. The van der Waals surface area contributed by atoms with Gasteiger partial charge >= 0.3 is 0 Å². The van der Waals surface area contributed by atoms with Gasteiger partial charge in [-0.05, 0) is 68.8 Å².